The molecule has 2 aromatic heterocycles. The lowest BCUT2D eigenvalue weighted by Crippen LogP contribution is -2.06. The van der Waals surface area contributed by atoms with Gasteiger partial charge in [-0.1, -0.05) is 7.43 Å². The Morgan fingerprint density at radius 3 is 1.79 bits per heavy atom. The van der Waals surface area contributed by atoms with Crippen molar-refractivity contribution < 1.29 is 19.4 Å². The lowest BCUT2D eigenvalue weighted by molar-refractivity contribution is -0.109. The number of hydrogen-bond acceptors (Lipinski definition) is 8. The summed E-state index contributed by atoms with van der Waals surface area (Å²) in [7, 11) is 3.04. The van der Waals surface area contributed by atoms with Crippen LogP contribution < -0.4 is 20.6 Å². The minimum Gasteiger partial charge on any atom is -0.504 e. The van der Waals surface area contributed by atoms with E-state index in [1.807, 2.05) is 6.92 Å². The van der Waals surface area contributed by atoms with Gasteiger partial charge in [-0.15, -0.1) is 0 Å². The first-order chi connectivity index (χ1) is 15.2. The molecule has 3 N–H and O–H groups in total. The molecule has 0 fully saturated rings. The van der Waals surface area contributed by atoms with Crippen LogP contribution in [0.5, 0.6) is 17.2 Å². The molecule has 176 valence electrons. The highest BCUT2D eigenvalue weighted by Crippen LogP contribution is 2.28. The first-order valence-corrected chi connectivity index (χ1v) is 9.48. The number of nitrogens with one attached hydrogen (secondary N) is 2. The lowest BCUT2D eigenvalue weighted by atomic mass is 10.1. The molecule has 0 unspecified atom stereocenters. The van der Waals surface area contributed by atoms with Crippen molar-refractivity contribution in [1.82, 2.24) is 19.9 Å². The van der Waals surface area contributed by atoms with Gasteiger partial charge in [0.1, 0.15) is 5.75 Å². The van der Waals surface area contributed by atoms with Crippen LogP contribution in [0.1, 0.15) is 19.9 Å². The molecule has 33 heavy (non-hydrogen) atoms. The third-order valence-electron chi connectivity index (χ3n) is 4.10. The molecule has 0 spiro atoms. The summed E-state index contributed by atoms with van der Waals surface area (Å²) in [6, 6.07) is 6.39. The summed E-state index contributed by atoms with van der Waals surface area (Å²) in [4.78, 5) is 44.8. The monoisotopic (exact) mass is 476 g/mol. The highest BCUT2D eigenvalue weighted by molar-refractivity contribution is 6.62. The topological polar surface area (TPSA) is 147 Å². The summed E-state index contributed by atoms with van der Waals surface area (Å²) in [6.45, 7) is 3.19. The maximum Gasteiger partial charge on any atom is 0.258 e. The average molecular weight is 477 g/mol. The molecule has 11 heteroatoms. The van der Waals surface area contributed by atoms with E-state index in [1.165, 1.54) is 38.8 Å². The number of methoxy groups -OCH3 is 2. The Morgan fingerprint density at radius 1 is 0.909 bits per heavy atom. The van der Waals surface area contributed by atoms with Crippen molar-refractivity contribution in [3.05, 3.63) is 63.2 Å². The van der Waals surface area contributed by atoms with Gasteiger partial charge in [-0.3, -0.25) is 14.4 Å². The second kappa shape index (κ2) is 12.2. The SMILES string of the molecule is C.CC(=O)Cl.COc1cc2nc[nH]c(=O)c2cc1C.COc1cc2nc[nH]c(=O)c2cc1O. The summed E-state index contributed by atoms with van der Waals surface area (Å²) >= 11 is 4.64. The number of rotatable bonds is 2. The Hall–Kier alpha value is -3.92. The van der Waals surface area contributed by atoms with Crippen LogP contribution in [0.25, 0.3) is 21.8 Å². The highest BCUT2D eigenvalue weighted by Gasteiger charge is 2.07. The fourth-order valence-corrected chi connectivity index (χ4v) is 2.67. The van der Waals surface area contributed by atoms with Gasteiger partial charge in [0.05, 0.1) is 48.7 Å². The number of nitrogens with zero attached hydrogens (tertiary/aromatic N) is 2. The number of aromatic hydroxyl groups is 1. The Bertz CT molecular complexity index is 1260. The molecule has 0 aliphatic heterocycles. The van der Waals surface area contributed by atoms with Crippen LogP contribution in [0, 0.1) is 6.92 Å². The second-order valence-corrected chi connectivity index (χ2v) is 6.85. The minimum absolute atomic E-state index is 0. The van der Waals surface area contributed by atoms with E-state index in [-0.39, 0.29) is 29.5 Å². The molecule has 4 aromatic rings. The molecular formula is C22H25ClN4O6. The van der Waals surface area contributed by atoms with Gasteiger partial charge in [-0.25, -0.2) is 9.97 Å². The van der Waals surface area contributed by atoms with E-state index >= 15 is 0 Å². The number of carbonyl (C=O) groups is 1. The van der Waals surface area contributed by atoms with Gasteiger partial charge in [0.2, 0.25) is 5.24 Å². The predicted molar refractivity (Wildman–Crippen MR) is 127 cm³/mol. The molecule has 0 bridgehead atoms. The number of ether oxygens (including phenoxy) is 2. The molecule has 0 saturated heterocycles. The van der Waals surface area contributed by atoms with Crippen LogP contribution in [-0.4, -0.2) is 44.5 Å². The van der Waals surface area contributed by atoms with Gasteiger partial charge < -0.3 is 24.5 Å². The number of phenolic OH excluding ortho intramolecular Hbond substituents is 1. The summed E-state index contributed by atoms with van der Waals surface area (Å²) in [6.07, 6.45) is 2.70. The summed E-state index contributed by atoms with van der Waals surface area (Å²) in [5.41, 5.74) is 1.66. The zero-order valence-corrected chi connectivity index (χ0v) is 18.5. The normalized spacial score (nSPS) is 9.61. The van der Waals surface area contributed by atoms with Crippen molar-refractivity contribution in [1.29, 1.82) is 0 Å². The fraction of sp³-hybridized carbons (Fsp3) is 0.227. The smallest absolute Gasteiger partial charge is 0.258 e. The first-order valence-electron chi connectivity index (χ1n) is 9.10. The van der Waals surface area contributed by atoms with Crippen molar-refractivity contribution in [3.8, 4) is 17.2 Å². The van der Waals surface area contributed by atoms with Crippen LogP contribution in [0.4, 0.5) is 0 Å². The highest BCUT2D eigenvalue weighted by atomic mass is 35.5. The summed E-state index contributed by atoms with van der Waals surface area (Å²) in [5.74, 6) is 0.977. The van der Waals surface area contributed by atoms with Gasteiger partial charge in [0, 0.05) is 19.1 Å². The number of hydrogen-bond donors (Lipinski definition) is 3. The van der Waals surface area contributed by atoms with Crippen LogP contribution in [-0.2, 0) is 4.79 Å². The molecule has 4 rings (SSSR count). The van der Waals surface area contributed by atoms with E-state index < -0.39 is 0 Å². The van der Waals surface area contributed by atoms with E-state index in [4.69, 9.17) is 9.47 Å². The van der Waals surface area contributed by atoms with Gasteiger partial charge in [0.15, 0.2) is 11.5 Å². The van der Waals surface area contributed by atoms with Crippen LogP contribution >= 0.6 is 11.6 Å². The molecule has 0 atom stereocenters. The summed E-state index contributed by atoms with van der Waals surface area (Å²) in [5, 5.41) is 9.99. The van der Waals surface area contributed by atoms with Crippen molar-refractivity contribution in [2.24, 2.45) is 0 Å². The fourth-order valence-electron chi connectivity index (χ4n) is 2.67. The number of aromatic nitrogens is 4. The van der Waals surface area contributed by atoms with Gasteiger partial charge in [0.25, 0.3) is 11.1 Å². The Labute approximate surface area is 194 Å². The van der Waals surface area contributed by atoms with Crippen molar-refractivity contribution in [2.45, 2.75) is 21.3 Å². The molecular weight excluding hydrogens is 452 g/mol. The van der Waals surface area contributed by atoms with E-state index in [9.17, 15) is 19.5 Å². The number of aryl methyl sites for hydroxylation is 1. The number of carbonyl (C=O) groups excluding carboxylic acids is 1. The largest absolute Gasteiger partial charge is 0.504 e. The molecule has 0 aliphatic rings. The Balaban J connectivity index is 0.000000278. The molecule has 2 aromatic carbocycles. The minimum atomic E-state index is -0.361. The molecule has 0 saturated carbocycles. The Morgan fingerprint density at radius 2 is 1.33 bits per heavy atom. The molecule has 10 nitrogen and oxygen atoms in total. The third kappa shape index (κ3) is 7.04. The van der Waals surface area contributed by atoms with E-state index in [0.717, 1.165) is 11.3 Å². The van der Waals surface area contributed by atoms with Gasteiger partial charge in [-0.05, 0) is 36.2 Å². The first kappa shape index (κ1) is 27.1. The number of halogens is 1. The van der Waals surface area contributed by atoms with Crippen molar-refractivity contribution >= 4 is 38.6 Å². The molecule has 0 radical (unpaired) electrons. The van der Waals surface area contributed by atoms with Crippen LogP contribution in [0.2, 0.25) is 0 Å². The standard InChI is InChI=1S/C10H10N2O2.C9H8N2O3.C2H3ClO.CH4/c1-6-3-7-8(4-9(6)14-2)11-5-12-10(7)13;1-14-8-3-6-5(2-7(8)12)9(13)11-4-10-6;1-2(3)4;/h3-5H,1-2H3,(H,11,12,13);2-4,12H,1H3,(H,10,11,13);1H3;1H4. The van der Waals surface area contributed by atoms with E-state index in [2.05, 4.69) is 31.5 Å². The van der Waals surface area contributed by atoms with Crippen molar-refractivity contribution in [2.75, 3.05) is 14.2 Å². The zero-order valence-electron chi connectivity index (χ0n) is 17.7. The maximum absolute atomic E-state index is 11.4. The van der Waals surface area contributed by atoms with Crippen LogP contribution in [0.15, 0.2) is 46.5 Å². The number of phenols is 1. The number of fused-ring (bicyclic) bond motifs is 2. The lowest BCUT2D eigenvalue weighted by Gasteiger charge is -2.04. The summed E-state index contributed by atoms with van der Waals surface area (Å²) < 4.78 is 10.0. The second-order valence-electron chi connectivity index (χ2n) is 6.31. The van der Waals surface area contributed by atoms with Gasteiger partial charge >= 0.3 is 0 Å². The third-order valence-corrected chi connectivity index (χ3v) is 4.10. The maximum atomic E-state index is 11.4. The van der Waals surface area contributed by atoms with E-state index in [0.29, 0.717) is 27.6 Å². The van der Waals surface area contributed by atoms with Gasteiger partial charge in [-0.2, -0.15) is 0 Å². The molecule has 2 heterocycles. The molecule has 0 aliphatic carbocycles. The van der Waals surface area contributed by atoms with Crippen molar-refractivity contribution in [3.63, 3.8) is 0 Å². The molecule has 0 amide bonds. The van der Waals surface area contributed by atoms with Crippen LogP contribution in [0.3, 0.4) is 0 Å². The number of aromatic amines is 2. The number of benzene rings is 2. The quantitative estimate of drug-likeness (QED) is 0.373. The predicted octanol–water partition coefficient (Wildman–Crippen LogP) is 3.29. The number of H-pyrrole nitrogens is 2. The zero-order chi connectivity index (χ0) is 23.8. The average Bonchev–Trinajstić information content (AvgIpc) is 2.74. The Kier molecular flexibility index (Phi) is 10.0. The van der Waals surface area contributed by atoms with E-state index in [1.54, 1.807) is 19.2 Å².